The topological polar surface area (TPSA) is 135 Å². The molecule has 4 rings (SSSR count). The van der Waals surface area contributed by atoms with Crippen molar-refractivity contribution < 1.29 is 9.53 Å². The van der Waals surface area contributed by atoms with Gasteiger partial charge in [0, 0.05) is 11.8 Å². The molecule has 4 N–H and O–H groups in total. The molecule has 0 aliphatic rings. The number of hydrogen-bond donors (Lipinski definition) is 2. The fraction of sp³-hybridized carbons (Fsp3) is 0.136. The number of nitrogens with two attached hydrogens (primary N) is 2. The van der Waals surface area contributed by atoms with E-state index in [0.29, 0.717) is 11.3 Å². The van der Waals surface area contributed by atoms with Crippen LogP contribution in [0.1, 0.15) is 28.7 Å². The summed E-state index contributed by atoms with van der Waals surface area (Å²) in [6, 6.07) is 17.5. The van der Waals surface area contributed by atoms with E-state index in [-0.39, 0.29) is 24.3 Å². The third-order valence-corrected chi connectivity index (χ3v) is 4.64. The number of esters is 1. The van der Waals surface area contributed by atoms with E-state index in [1.165, 1.54) is 5.56 Å². The number of rotatable bonds is 6. The van der Waals surface area contributed by atoms with Crippen LogP contribution >= 0.6 is 0 Å². The highest BCUT2D eigenvalue weighted by molar-refractivity contribution is 5.96. The normalized spacial score (nSPS) is 10.7. The number of nitrogens with zero attached hydrogens (tertiary/aromatic N) is 5. The summed E-state index contributed by atoms with van der Waals surface area (Å²) in [6.45, 7) is 1.89. The Labute approximate surface area is 178 Å². The smallest absolute Gasteiger partial charge is 0.342 e. The largest absolute Gasteiger partial charge is 0.454 e. The lowest BCUT2D eigenvalue weighted by Gasteiger charge is -2.06. The minimum atomic E-state index is -0.561. The molecule has 0 radical (unpaired) electrons. The first-order chi connectivity index (χ1) is 15.0. The lowest BCUT2D eigenvalue weighted by Crippen LogP contribution is -2.11. The molecule has 0 atom stereocenters. The fourth-order valence-corrected chi connectivity index (χ4v) is 3.08. The predicted molar refractivity (Wildman–Crippen MR) is 116 cm³/mol. The number of anilines is 2. The van der Waals surface area contributed by atoms with Gasteiger partial charge in [0.15, 0.2) is 12.4 Å². The Balaban J connectivity index is 1.67. The Hall–Kier alpha value is -4.27. The molecule has 0 bridgehead atoms. The second kappa shape index (κ2) is 8.62. The Bertz CT molecular complexity index is 1180. The van der Waals surface area contributed by atoms with Crippen molar-refractivity contribution in [1.82, 2.24) is 24.7 Å². The SMILES string of the molecule is CCc1ccc(-c2nn(-c3ccccc3)cc2C(=O)OCc2nc(N)nc(N)n2)cc1. The highest BCUT2D eigenvalue weighted by Gasteiger charge is 2.20. The van der Waals surface area contributed by atoms with E-state index >= 15 is 0 Å². The van der Waals surface area contributed by atoms with E-state index in [2.05, 4.69) is 27.0 Å². The summed E-state index contributed by atoms with van der Waals surface area (Å²) in [7, 11) is 0. The number of nitrogen functional groups attached to an aromatic ring is 2. The van der Waals surface area contributed by atoms with Gasteiger partial charge in [-0.1, -0.05) is 49.4 Å². The second-order valence-electron chi connectivity index (χ2n) is 6.77. The molecule has 2 aromatic carbocycles. The first-order valence-corrected chi connectivity index (χ1v) is 9.71. The first kappa shape index (κ1) is 20.0. The Morgan fingerprint density at radius 3 is 2.29 bits per heavy atom. The van der Waals surface area contributed by atoms with Crippen molar-refractivity contribution in [3.05, 3.63) is 77.7 Å². The first-order valence-electron chi connectivity index (χ1n) is 9.71. The predicted octanol–water partition coefficient (Wildman–Crippen LogP) is 2.81. The van der Waals surface area contributed by atoms with Crippen molar-refractivity contribution in [2.24, 2.45) is 0 Å². The quantitative estimate of drug-likeness (QED) is 0.459. The zero-order valence-electron chi connectivity index (χ0n) is 16.9. The van der Waals surface area contributed by atoms with Crippen LogP contribution in [0.2, 0.25) is 0 Å². The van der Waals surface area contributed by atoms with Crippen molar-refractivity contribution in [3.63, 3.8) is 0 Å². The number of carbonyl (C=O) groups excluding carboxylic acids is 1. The van der Waals surface area contributed by atoms with Crippen LogP contribution < -0.4 is 11.5 Å². The van der Waals surface area contributed by atoms with Crippen LogP contribution in [-0.2, 0) is 17.8 Å². The highest BCUT2D eigenvalue weighted by Crippen LogP contribution is 2.25. The minimum absolute atomic E-state index is 0.0350. The van der Waals surface area contributed by atoms with E-state index in [1.54, 1.807) is 10.9 Å². The molecule has 0 amide bonds. The number of benzene rings is 2. The molecular formula is C22H21N7O2. The van der Waals surface area contributed by atoms with E-state index in [9.17, 15) is 4.79 Å². The molecule has 0 saturated carbocycles. The number of aromatic nitrogens is 5. The maximum absolute atomic E-state index is 12.9. The standard InChI is InChI=1S/C22H21N7O2/c1-2-14-8-10-15(11-9-14)19-17(12-29(28-19)16-6-4-3-5-7-16)20(30)31-13-18-25-21(23)27-22(24)26-18/h3-12H,2,13H2,1H3,(H4,23,24,25,26,27). The molecular weight excluding hydrogens is 394 g/mol. The molecule has 4 aromatic rings. The summed E-state index contributed by atoms with van der Waals surface area (Å²) < 4.78 is 7.08. The summed E-state index contributed by atoms with van der Waals surface area (Å²) in [5, 5.41) is 4.65. The van der Waals surface area contributed by atoms with Gasteiger partial charge in [0.25, 0.3) is 0 Å². The fourth-order valence-electron chi connectivity index (χ4n) is 3.08. The van der Waals surface area contributed by atoms with Gasteiger partial charge in [0.1, 0.15) is 11.3 Å². The van der Waals surface area contributed by atoms with Crippen LogP contribution in [0.25, 0.3) is 16.9 Å². The van der Waals surface area contributed by atoms with Crippen molar-refractivity contribution in [1.29, 1.82) is 0 Å². The molecule has 156 valence electrons. The maximum Gasteiger partial charge on any atom is 0.342 e. The molecule has 9 heteroatoms. The zero-order valence-corrected chi connectivity index (χ0v) is 16.9. The Kier molecular flexibility index (Phi) is 5.57. The summed E-state index contributed by atoms with van der Waals surface area (Å²) in [5.74, 6) is -0.462. The number of ether oxygens (including phenoxy) is 1. The van der Waals surface area contributed by atoms with Crippen LogP contribution in [0.4, 0.5) is 11.9 Å². The Morgan fingerprint density at radius 1 is 0.968 bits per heavy atom. The molecule has 0 fully saturated rings. The third-order valence-electron chi connectivity index (χ3n) is 4.64. The minimum Gasteiger partial charge on any atom is -0.454 e. The molecule has 31 heavy (non-hydrogen) atoms. The van der Waals surface area contributed by atoms with Gasteiger partial charge in [-0.15, -0.1) is 0 Å². The van der Waals surface area contributed by atoms with Crippen molar-refractivity contribution in [3.8, 4) is 16.9 Å². The van der Waals surface area contributed by atoms with Gasteiger partial charge in [-0.25, -0.2) is 9.48 Å². The lowest BCUT2D eigenvalue weighted by atomic mass is 10.1. The Morgan fingerprint density at radius 2 is 1.65 bits per heavy atom. The highest BCUT2D eigenvalue weighted by atomic mass is 16.5. The zero-order chi connectivity index (χ0) is 21.8. The van der Waals surface area contributed by atoms with Crippen molar-refractivity contribution in [2.75, 3.05) is 11.5 Å². The van der Waals surface area contributed by atoms with Gasteiger partial charge in [0.05, 0.1) is 5.69 Å². The van der Waals surface area contributed by atoms with Gasteiger partial charge in [-0.3, -0.25) is 0 Å². The van der Waals surface area contributed by atoms with Crippen LogP contribution in [0, 0.1) is 0 Å². The van der Waals surface area contributed by atoms with E-state index < -0.39 is 5.97 Å². The molecule has 0 spiro atoms. The molecule has 0 unspecified atom stereocenters. The molecule has 0 saturated heterocycles. The van der Waals surface area contributed by atoms with Crippen molar-refractivity contribution >= 4 is 17.9 Å². The third kappa shape index (κ3) is 4.50. The van der Waals surface area contributed by atoms with E-state index in [4.69, 9.17) is 16.2 Å². The lowest BCUT2D eigenvalue weighted by molar-refractivity contribution is 0.0463. The number of aryl methyl sites for hydroxylation is 1. The maximum atomic E-state index is 12.9. The van der Waals surface area contributed by atoms with Crippen LogP contribution in [0.3, 0.4) is 0 Å². The van der Waals surface area contributed by atoms with Gasteiger partial charge >= 0.3 is 5.97 Å². The van der Waals surface area contributed by atoms with Crippen molar-refractivity contribution in [2.45, 2.75) is 20.0 Å². The van der Waals surface area contributed by atoms with Crippen LogP contribution in [-0.4, -0.2) is 30.7 Å². The number of para-hydroxylation sites is 1. The molecule has 9 nitrogen and oxygen atoms in total. The molecule has 0 aliphatic carbocycles. The summed E-state index contributed by atoms with van der Waals surface area (Å²) in [6.07, 6.45) is 2.57. The average Bonchev–Trinajstić information content (AvgIpc) is 3.23. The van der Waals surface area contributed by atoms with Gasteiger partial charge in [-0.05, 0) is 24.1 Å². The summed E-state index contributed by atoms with van der Waals surface area (Å²) >= 11 is 0. The van der Waals surface area contributed by atoms with Gasteiger partial charge in [-0.2, -0.15) is 20.1 Å². The number of carbonyl (C=O) groups is 1. The summed E-state index contributed by atoms with van der Waals surface area (Å²) in [5.41, 5.74) is 14.8. The summed E-state index contributed by atoms with van der Waals surface area (Å²) in [4.78, 5) is 24.5. The van der Waals surface area contributed by atoms with E-state index in [1.807, 2.05) is 54.6 Å². The molecule has 2 aromatic heterocycles. The monoisotopic (exact) mass is 415 g/mol. The average molecular weight is 415 g/mol. The van der Waals surface area contributed by atoms with Crippen LogP contribution in [0.15, 0.2) is 60.8 Å². The second-order valence-corrected chi connectivity index (χ2v) is 6.77. The molecule has 2 heterocycles. The van der Waals surface area contributed by atoms with E-state index in [0.717, 1.165) is 17.7 Å². The van der Waals surface area contributed by atoms with Gasteiger partial charge in [0.2, 0.25) is 11.9 Å². The number of hydrogen-bond acceptors (Lipinski definition) is 8. The van der Waals surface area contributed by atoms with Gasteiger partial charge < -0.3 is 16.2 Å². The van der Waals surface area contributed by atoms with Crippen LogP contribution in [0.5, 0.6) is 0 Å². The molecule has 0 aliphatic heterocycles.